The van der Waals surface area contributed by atoms with E-state index in [1.54, 1.807) is 38.5 Å². The number of aromatic nitrogens is 1. The van der Waals surface area contributed by atoms with Gasteiger partial charge in [-0.15, -0.1) is 11.3 Å². The molecule has 2 heterocycles. The van der Waals surface area contributed by atoms with Crippen LogP contribution in [-0.4, -0.2) is 44.4 Å². The van der Waals surface area contributed by atoms with Crippen molar-refractivity contribution in [1.82, 2.24) is 4.98 Å². The van der Waals surface area contributed by atoms with Crippen molar-refractivity contribution in [3.63, 3.8) is 0 Å². The van der Waals surface area contributed by atoms with Crippen LogP contribution in [0, 0.1) is 0 Å². The fourth-order valence-corrected chi connectivity index (χ4v) is 4.01. The van der Waals surface area contributed by atoms with Gasteiger partial charge in [-0.25, -0.2) is 4.98 Å². The van der Waals surface area contributed by atoms with Crippen LogP contribution in [0.4, 0.5) is 5.13 Å². The number of nitrogens with zero attached hydrogens (tertiary/aromatic N) is 1. The molecule has 7 nitrogen and oxygen atoms in total. The van der Waals surface area contributed by atoms with Crippen molar-refractivity contribution >= 4 is 22.4 Å². The summed E-state index contributed by atoms with van der Waals surface area (Å²) in [4.78, 5) is 17.1. The summed E-state index contributed by atoms with van der Waals surface area (Å²) in [6, 6.07) is 12.6. The zero-order valence-corrected chi connectivity index (χ0v) is 18.2. The predicted molar refractivity (Wildman–Crippen MR) is 120 cm³/mol. The van der Waals surface area contributed by atoms with Crippen LogP contribution in [-0.2, 0) is 4.74 Å². The Morgan fingerprint density at radius 3 is 2.68 bits per heavy atom. The van der Waals surface area contributed by atoms with E-state index in [0.29, 0.717) is 40.2 Å². The van der Waals surface area contributed by atoms with Crippen LogP contribution in [0.1, 0.15) is 23.2 Å². The first-order valence-electron chi connectivity index (χ1n) is 10.00. The average molecular weight is 441 g/mol. The zero-order chi connectivity index (χ0) is 21.6. The molecule has 1 amide bonds. The standard InChI is InChI=1S/C23H24N2O5S/c1-27-17-9-10-21(28-2)19(12-17)20-14-31-23(24-20)25-22(26)15-5-7-16(8-6-15)30-13-18-4-3-11-29-18/h5-10,12,14,18H,3-4,11,13H2,1-2H3,(H,24,25,26)/t18-/m1/s1. The van der Waals surface area contributed by atoms with Crippen molar-refractivity contribution in [3.8, 4) is 28.5 Å². The van der Waals surface area contributed by atoms with E-state index in [-0.39, 0.29) is 12.0 Å². The number of carbonyl (C=O) groups is 1. The molecular weight excluding hydrogens is 416 g/mol. The molecule has 1 saturated heterocycles. The summed E-state index contributed by atoms with van der Waals surface area (Å²) < 4.78 is 22.0. The number of methoxy groups -OCH3 is 2. The highest BCUT2D eigenvalue weighted by molar-refractivity contribution is 7.14. The molecule has 1 N–H and O–H groups in total. The quantitative estimate of drug-likeness (QED) is 0.550. The number of anilines is 1. The minimum absolute atomic E-state index is 0.158. The Balaban J connectivity index is 1.40. The molecule has 2 aromatic carbocycles. The van der Waals surface area contributed by atoms with Crippen molar-refractivity contribution < 1.29 is 23.7 Å². The van der Waals surface area contributed by atoms with Gasteiger partial charge >= 0.3 is 0 Å². The second-order valence-corrected chi connectivity index (χ2v) is 7.89. The molecule has 1 aromatic heterocycles. The highest BCUT2D eigenvalue weighted by atomic mass is 32.1. The molecule has 1 aliphatic rings. The van der Waals surface area contributed by atoms with Gasteiger partial charge in [-0.2, -0.15) is 0 Å². The third-order valence-electron chi connectivity index (χ3n) is 4.98. The second-order valence-electron chi connectivity index (χ2n) is 7.03. The first-order chi connectivity index (χ1) is 15.2. The number of amides is 1. The maximum atomic E-state index is 12.6. The summed E-state index contributed by atoms with van der Waals surface area (Å²) in [5.74, 6) is 1.87. The van der Waals surface area contributed by atoms with Crippen molar-refractivity contribution in [1.29, 1.82) is 0 Å². The van der Waals surface area contributed by atoms with Crippen LogP contribution < -0.4 is 19.5 Å². The first-order valence-corrected chi connectivity index (χ1v) is 10.9. The van der Waals surface area contributed by atoms with Crippen molar-refractivity contribution in [2.75, 3.05) is 32.8 Å². The molecule has 0 bridgehead atoms. The Bertz CT molecular complexity index is 1030. The summed E-state index contributed by atoms with van der Waals surface area (Å²) in [5.41, 5.74) is 2.03. The van der Waals surface area contributed by atoms with E-state index in [1.165, 1.54) is 11.3 Å². The number of thiazole rings is 1. The number of carbonyl (C=O) groups excluding carboxylic acids is 1. The highest BCUT2D eigenvalue weighted by Gasteiger charge is 2.17. The minimum atomic E-state index is -0.232. The smallest absolute Gasteiger partial charge is 0.257 e. The van der Waals surface area contributed by atoms with Gasteiger partial charge in [0.25, 0.3) is 5.91 Å². The number of rotatable bonds is 8. The average Bonchev–Trinajstić information content (AvgIpc) is 3.50. The molecule has 3 aromatic rings. The topological polar surface area (TPSA) is 78.9 Å². The molecule has 0 saturated carbocycles. The normalized spacial score (nSPS) is 15.5. The van der Waals surface area contributed by atoms with E-state index in [9.17, 15) is 4.79 Å². The third-order valence-corrected chi connectivity index (χ3v) is 5.74. The van der Waals surface area contributed by atoms with E-state index in [2.05, 4.69) is 10.3 Å². The number of hydrogen-bond acceptors (Lipinski definition) is 7. The van der Waals surface area contributed by atoms with Crippen molar-refractivity contribution in [2.45, 2.75) is 18.9 Å². The summed E-state index contributed by atoms with van der Waals surface area (Å²) in [6.45, 7) is 1.33. The number of nitrogens with one attached hydrogen (secondary N) is 1. The van der Waals surface area contributed by atoms with Crippen LogP contribution in [0.25, 0.3) is 11.3 Å². The Morgan fingerprint density at radius 1 is 1.16 bits per heavy atom. The van der Waals surface area contributed by atoms with Gasteiger partial charge in [-0.05, 0) is 55.3 Å². The Morgan fingerprint density at radius 2 is 1.97 bits per heavy atom. The Kier molecular flexibility index (Phi) is 6.69. The summed E-state index contributed by atoms with van der Waals surface area (Å²) in [5, 5.41) is 5.22. The molecule has 162 valence electrons. The van der Waals surface area contributed by atoms with E-state index >= 15 is 0 Å². The molecule has 4 rings (SSSR count). The first kappa shape index (κ1) is 21.1. The largest absolute Gasteiger partial charge is 0.497 e. The zero-order valence-electron chi connectivity index (χ0n) is 17.4. The molecule has 8 heteroatoms. The molecule has 0 unspecified atom stereocenters. The van der Waals surface area contributed by atoms with Crippen LogP contribution in [0.15, 0.2) is 47.8 Å². The molecule has 1 atom stereocenters. The van der Waals surface area contributed by atoms with E-state index in [4.69, 9.17) is 18.9 Å². The van der Waals surface area contributed by atoms with E-state index in [0.717, 1.165) is 25.0 Å². The third kappa shape index (κ3) is 5.15. The molecular formula is C23H24N2O5S. The minimum Gasteiger partial charge on any atom is -0.497 e. The van der Waals surface area contributed by atoms with Gasteiger partial charge in [0, 0.05) is 23.1 Å². The molecule has 0 radical (unpaired) electrons. The van der Waals surface area contributed by atoms with E-state index < -0.39 is 0 Å². The SMILES string of the molecule is COc1ccc(OC)c(-c2csc(NC(=O)c3ccc(OC[C@H]4CCCO4)cc3)n2)c1. The van der Waals surface area contributed by atoms with Gasteiger partial charge in [0.15, 0.2) is 5.13 Å². The van der Waals surface area contributed by atoms with Gasteiger partial charge in [-0.1, -0.05) is 0 Å². The number of ether oxygens (including phenoxy) is 4. The Labute approximate surface area is 184 Å². The molecule has 0 aliphatic carbocycles. The van der Waals surface area contributed by atoms with Crippen LogP contribution in [0.2, 0.25) is 0 Å². The molecule has 0 spiro atoms. The highest BCUT2D eigenvalue weighted by Crippen LogP contribution is 2.35. The van der Waals surface area contributed by atoms with Crippen molar-refractivity contribution in [3.05, 3.63) is 53.4 Å². The lowest BCUT2D eigenvalue weighted by Gasteiger charge is -2.11. The summed E-state index contributed by atoms with van der Waals surface area (Å²) in [6.07, 6.45) is 2.26. The van der Waals surface area contributed by atoms with Crippen LogP contribution in [0.3, 0.4) is 0 Å². The number of hydrogen-bond donors (Lipinski definition) is 1. The Hall–Kier alpha value is -3.10. The lowest BCUT2D eigenvalue weighted by molar-refractivity contribution is 0.0679. The molecule has 31 heavy (non-hydrogen) atoms. The fourth-order valence-electron chi connectivity index (χ4n) is 3.31. The monoisotopic (exact) mass is 440 g/mol. The summed E-state index contributed by atoms with van der Waals surface area (Å²) in [7, 11) is 3.21. The number of benzene rings is 2. The summed E-state index contributed by atoms with van der Waals surface area (Å²) >= 11 is 1.35. The molecule has 1 aliphatic heterocycles. The van der Waals surface area contributed by atoms with Gasteiger partial charge < -0.3 is 18.9 Å². The fraction of sp³-hybridized carbons (Fsp3) is 0.304. The van der Waals surface area contributed by atoms with Crippen LogP contribution >= 0.6 is 11.3 Å². The maximum Gasteiger partial charge on any atom is 0.257 e. The van der Waals surface area contributed by atoms with Crippen LogP contribution in [0.5, 0.6) is 17.2 Å². The van der Waals surface area contributed by atoms with Gasteiger partial charge in [0.2, 0.25) is 0 Å². The second kappa shape index (κ2) is 9.80. The predicted octanol–water partition coefficient (Wildman–Crippen LogP) is 4.64. The van der Waals surface area contributed by atoms with E-state index in [1.807, 2.05) is 23.6 Å². The maximum absolute atomic E-state index is 12.6. The van der Waals surface area contributed by atoms with Crippen molar-refractivity contribution in [2.24, 2.45) is 0 Å². The molecule has 1 fully saturated rings. The van der Waals surface area contributed by atoms with Gasteiger partial charge in [0.1, 0.15) is 23.9 Å². The van der Waals surface area contributed by atoms with Gasteiger partial charge in [-0.3, -0.25) is 10.1 Å². The lowest BCUT2D eigenvalue weighted by atomic mass is 10.1. The lowest BCUT2D eigenvalue weighted by Crippen LogP contribution is -2.16. The van der Waals surface area contributed by atoms with Gasteiger partial charge in [0.05, 0.1) is 26.0 Å².